The second-order valence-corrected chi connectivity index (χ2v) is 16.1. The molecule has 10 heteroatoms. The van der Waals surface area contributed by atoms with Gasteiger partial charge in [-0.15, -0.1) is 0 Å². The molecule has 3 amide bonds. The van der Waals surface area contributed by atoms with Gasteiger partial charge in [-0.3, -0.25) is 34.3 Å². The van der Waals surface area contributed by atoms with Crippen molar-refractivity contribution >= 4 is 40.1 Å². The molecule has 2 N–H and O–H groups in total. The maximum absolute atomic E-state index is 14.0. The molecule has 5 aliphatic rings. The Hall–Kier alpha value is -4.80. The van der Waals surface area contributed by atoms with Gasteiger partial charge in [0.05, 0.1) is 5.56 Å². The van der Waals surface area contributed by atoms with Crippen molar-refractivity contribution in [1.82, 2.24) is 25.0 Å². The minimum absolute atomic E-state index is 0.116. The van der Waals surface area contributed by atoms with Crippen molar-refractivity contribution in [3.8, 4) is 0 Å². The Morgan fingerprint density at radius 3 is 2.36 bits per heavy atom. The van der Waals surface area contributed by atoms with Gasteiger partial charge < -0.3 is 14.8 Å². The number of carbonyl (C=O) groups is 4. The largest absolute Gasteiger partial charge is 0.371 e. The first-order valence-corrected chi connectivity index (χ1v) is 19.4. The number of hydrogen-bond acceptors (Lipinski definition) is 7. The monoisotopic (exact) mass is 712 g/mol. The van der Waals surface area contributed by atoms with Crippen LogP contribution in [0, 0.1) is 0 Å². The summed E-state index contributed by atoms with van der Waals surface area (Å²) in [5.41, 5.74) is 9.87. The summed E-state index contributed by atoms with van der Waals surface area (Å²) in [5, 5.41) is 3.41. The number of carbonyl (C=O) groups excluding carboxylic acids is 4. The second-order valence-electron chi connectivity index (χ2n) is 16.1. The maximum atomic E-state index is 14.0. The number of hydrogen-bond donors (Lipinski definition) is 2. The average Bonchev–Trinajstić information content (AvgIpc) is 3.73. The zero-order valence-corrected chi connectivity index (χ0v) is 31.0. The molecule has 5 heterocycles. The van der Waals surface area contributed by atoms with Crippen molar-refractivity contribution in [2.45, 2.75) is 83.5 Å². The number of nitrogens with zero attached hydrogens (tertiary/aromatic N) is 4. The van der Waals surface area contributed by atoms with Crippen LogP contribution in [0.2, 0.25) is 0 Å². The zero-order chi connectivity index (χ0) is 36.6. The van der Waals surface area contributed by atoms with Crippen molar-refractivity contribution in [2.75, 3.05) is 44.2 Å². The van der Waals surface area contributed by atoms with Crippen LogP contribution in [-0.4, -0.2) is 94.5 Å². The highest BCUT2D eigenvalue weighted by Gasteiger charge is 2.42. The standard InChI is InChI=1S/C43H48N6O4/c1-4-26-22-31-33(43(2,3)40-38(39(31)51)30-9-5-6-11-34(30)44-40)23-36(26)48-16-14-28(15-17-48)47-20-18-46(19-21-47)24-27-8-7-10-29-32(27)25-49(42(29)53)35-12-13-37(50)45-41(35)52/h5-11,22-23,28,35,44H,4,12-21,24-25H2,1-3H3,(H,45,50,52). The van der Waals surface area contributed by atoms with E-state index < -0.39 is 6.04 Å². The van der Waals surface area contributed by atoms with Gasteiger partial charge in [-0.2, -0.15) is 0 Å². The SMILES string of the molecule is CCc1cc2c(cc1N1CCC(N3CCN(Cc4cccc5c4CN(C4CCC(=O)NC4=O)C5=O)CC3)CC1)C(C)(C)c1[nH]c3ccccc3c1C2=O. The van der Waals surface area contributed by atoms with Crippen LogP contribution in [0.25, 0.3) is 10.9 Å². The summed E-state index contributed by atoms with van der Waals surface area (Å²) in [6, 6.07) is 18.6. The van der Waals surface area contributed by atoms with Crippen molar-refractivity contribution in [3.63, 3.8) is 0 Å². The summed E-state index contributed by atoms with van der Waals surface area (Å²) in [7, 11) is 0. The zero-order valence-electron chi connectivity index (χ0n) is 31.0. The number of rotatable bonds is 6. The molecular formula is C43H48N6O4. The van der Waals surface area contributed by atoms with E-state index in [2.05, 4.69) is 76.1 Å². The number of H-pyrrole nitrogens is 1. The van der Waals surface area contributed by atoms with Crippen LogP contribution in [0.3, 0.4) is 0 Å². The lowest BCUT2D eigenvalue weighted by atomic mass is 9.70. The number of ketones is 1. The van der Waals surface area contributed by atoms with E-state index in [1.165, 1.54) is 11.3 Å². The molecule has 274 valence electrons. The summed E-state index contributed by atoms with van der Waals surface area (Å²) in [6.45, 7) is 13.8. The number of piperazine rings is 1. The topological polar surface area (TPSA) is 109 Å². The second kappa shape index (κ2) is 13.0. The summed E-state index contributed by atoms with van der Waals surface area (Å²) < 4.78 is 0. The summed E-state index contributed by atoms with van der Waals surface area (Å²) in [4.78, 5) is 64.6. The van der Waals surface area contributed by atoms with Gasteiger partial charge in [0.25, 0.3) is 5.91 Å². The molecule has 10 nitrogen and oxygen atoms in total. The molecule has 1 aliphatic carbocycles. The molecule has 1 aromatic heterocycles. The van der Waals surface area contributed by atoms with Gasteiger partial charge in [0, 0.05) is 104 Å². The summed E-state index contributed by atoms with van der Waals surface area (Å²) in [5.74, 6) is -0.627. The lowest BCUT2D eigenvalue weighted by Crippen LogP contribution is -2.53. The van der Waals surface area contributed by atoms with Crippen LogP contribution in [0.4, 0.5) is 5.69 Å². The minimum Gasteiger partial charge on any atom is -0.371 e. The minimum atomic E-state index is -0.596. The average molecular weight is 713 g/mol. The number of nitrogens with one attached hydrogen (secondary N) is 2. The Kier molecular flexibility index (Phi) is 8.31. The van der Waals surface area contributed by atoms with Gasteiger partial charge in [0.15, 0.2) is 5.78 Å². The molecule has 9 rings (SSSR count). The third-order valence-corrected chi connectivity index (χ3v) is 12.9. The van der Waals surface area contributed by atoms with Gasteiger partial charge in [0.1, 0.15) is 6.04 Å². The van der Waals surface area contributed by atoms with E-state index in [1.807, 2.05) is 24.3 Å². The summed E-state index contributed by atoms with van der Waals surface area (Å²) >= 11 is 0. The third-order valence-electron chi connectivity index (χ3n) is 12.9. The highest BCUT2D eigenvalue weighted by molar-refractivity contribution is 6.20. The van der Waals surface area contributed by atoms with E-state index in [0.29, 0.717) is 24.6 Å². The van der Waals surface area contributed by atoms with Gasteiger partial charge >= 0.3 is 0 Å². The lowest BCUT2D eigenvalue weighted by molar-refractivity contribution is -0.136. The fourth-order valence-electron chi connectivity index (χ4n) is 9.83. The van der Waals surface area contributed by atoms with Crippen molar-refractivity contribution < 1.29 is 19.2 Å². The van der Waals surface area contributed by atoms with Crippen LogP contribution in [0.1, 0.15) is 101 Å². The van der Waals surface area contributed by atoms with Crippen molar-refractivity contribution in [2.24, 2.45) is 0 Å². The predicted molar refractivity (Wildman–Crippen MR) is 204 cm³/mol. The molecular weight excluding hydrogens is 665 g/mol. The first kappa shape index (κ1) is 34.0. The highest BCUT2D eigenvalue weighted by Crippen LogP contribution is 2.46. The van der Waals surface area contributed by atoms with Gasteiger partial charge in [-0.25, -0.2) is 0 Å². The van der Waals surface area contributed by atoms with Gasteiger partial charge in [0.2, 0.25) is 11.8 Å². The number of amides is 3. The van der Waals surface area contributed by atoms with Crippen LogP contribution < -0.4 is 10.2 Å². The number of fused-ring (bicyclic) bond motifs is 5. The molecule has 3 saturated heterocycles. The number of aryl methyl sites for hydroxylation is 1. The Morgan fingerprint density at radius 2 is 1.60 bits per heavy atom. The van der Waals surface area contributed by atoms with E-state index in [-0.39, 0.29) is 35.3 Å². The molecule has 0 saturated carbocycles. The van der Waals surface area contributed by atoms with E-state index in [4.69, 9.17) is 0 Å². The first-order chi connectivity index (χ1) is 25.6. The van der Waals surface area contributed by atoms with Crippen molar-refractivity contribution in [1.29, 1.82) is 0 Å². The molecule has 0 radical (unpaired) electrons. The quantitative estimate of drug-likeness (QED) is 0.267. The number of aromatic amines is 1. The van der Waals surface area contributed by atoms with E-state index in [0.717, 1.165) is 109 Å². The number of imide groups is 1. The molecule has 4 aromatic rings. The van der Waals surface area contributed by atoms with Gasteiger partial charge in [-0.05, 0) is 72.2 Å². The van der Waals surface area contributed by atoms with Gasteiger partial charge in [-0.1, -0.05) is 51.1 Å². The fraction of sp³-hybridized carbons (Fsp3) is 0.442. The smallest absolute Gasteiger partial charge is 0.255 e. The van der Waals surface area contributed by atoms with Crippen LogP contribution in [-0.2, 0) is 34.5 Å². The number of aromatic nitrogens is 1. The Morgan fingerprint density at radius 1 is 0.830 bits per heavy atom. The molecule has 53 heavy (non-hydrogen) atoms. The molecule has 1 unspecified atom stereocenters. The number of anilines is 1. The molecule has 0 bridgehead atoms. The Bertz CT molecular complexity index is 2170. The summed E-state index contributed by atoms with van der Waals surface area (Å²) in [6.07, 6.45) is 3.73. The third kappa shape index (κ3) is 5.60. The fourth-order valence-corrected chi connectivity index (χ4v) is 9.83. The molecule has 1 atom stereocenters. The first-order valence-electron chi connectivity index (χ1n) is 19.4. The van der Waals surface area contributed by atoms with Crippen molar-refractivity contribution in [3.05, 3.63) is 99.2 Å². The van der Waals surface area contributed by atoms with Crippen LogP contribution in [0.5, 0.6) is 0 Å². The normalized spacial score (nSPS) is 22.3. The number of piperidine rings is 2. The van der Waals surface area contributed by atoms with E-state index in [9.17, 15) is 19.2 Å². The highest BCUT2D eigenvalue weighted by atomic mass is 16.2. The maximum Gasteiger partial charge on any atom is 0.255 e. The molecule has 3 fully saturated rings. The predicted octanol–water partition coefficient (Wildman–Crippen LogP) is 5.15. The van der Waals surface area contributed by atoms with E-state index in [1.54, 1.807) is 4.90 Å². The lowest BCUT2D eigenvalue weighted by Gasteiger charge is -2.44. The Labute approximate surface area is 310 Å². The Balaban J connectivity index is 0.842. The van der Waals surface area contributed by atoms with Crippen LogP contribution in [0.15, 0.2) is 54.6 Å². The molecule has 3 aromatic carbocycles. The molecule has 0 spiro atoms. The molecule has 4 aliphatic heterocycles. The van der Waals surface area contributed by atoms with Crippen LogP contribution >= 0.6 is 0 Å². The number of para-hydroxylation sites is 1. The van der Waals surface area contributed by atoms with E-state index >= 15 is 0 Å². The number of benzene rings is 3.